The van der Waals surface area contributed by atoms with E-state index in [1.807, 2.05) is 6.92 Å². The fourth-order valence-electron chi connectivity index (χ4n) is 2.11. The molecule has 0 fully saturated rings. The fourth-order valence-corrected chi connectivity index (χ4v) is 2.11. The summed E-state index contributed by atoms with van der Waals surface area (Å²) in [7, 11) is 1.46. The van der Waals surface area contributed by atoms with E-state index in [-0.39, 0.29) is 17.6 Å². The van der Waals surface area contributed by atoms with E-state index >= 15 is 0 Å². The third kappa shape index (κ3) is 3.30. The first-order valence-electron chi connectivity index (χ1n) is 6.57. The van der Waals surface area contributed by atoms with Crippen molar-refractivity contribution >= 4 is 0 Å². The summed E-state index contributed by atoms with van der Waals surface area (Å²) in [5.74, 6) is -0.0568. The van der Waals surface area contributed by atoms with Gasteiger partial charge in [-0.25, -0.2) is 4.39 Å². The Hall–Kier alpha value is -2.01. The molecule has 0 spiro atoms. The van der Waals surface area contributed by atoms with E-state index in [1.54, 1.807) is 36.8 Å². The number of halogens is 1. The van der Waals surface area contributed by atoms with Crippen molar-refractivity contribution in [1.82, 2.24) is 15.3 Å². The van der Waals surface area contributed by atoms with Crippen LogP contribution in [0.1, 0.15) is 24.2 Å². The predicted octanol–water partition coefficient (Wildman–Crippen LogP) is 2.52. The lowest BCUT2D eigenvalue weighted by atomic mass is 10.0. The predicted molar refractivity (Wildman–Crippen MR) is 75.1 cm³/mol. The zero-order valence-electron chi connectivity index (χ0n) is 11.6. The van der Waals surface area contributed by atoms with E-state index in [0.717, 1.165) is 12.2 Å². The van der Waals surface area contributed by atoms with Gasteiger partial charge in [0, 0.05) is 18.6 Å². The molecule has 0 aliphatic rings. The zero-order valence-corrected chi connectivity index (χ0v) is 11.6. The number of aromatic nitrogens is 2. The van der Waals surface area contributed by atoms with Gasteiger partial charge in [0.25, 0.3) is 0 Å². The highest BCUT2D eigenvalue weighted by Gasteiger charge is 2.16. The molecule has 0 aliphatic heterocycles. The summed E-state index contributed by atoms with van der Waals surface area (Å²) in [6.45, 7) is 2.78. The normalized spacial score (nSPS) is 12.2. The molecule has 1 aromatic heterocycles. The summed E-state index contributed by atoms with van der Waals surface area (Å²) >= 11 is 0. The van der Waals surface area contributed by atoms with Crippen molar-refractivity contribution in [2.75, 3.05) is 13.7 Å². The first-order chi connectivity index (χ1) is 9.76. The Morgan fingerprint density at radius 3 is 2.85 bits per heavy atom. The molecule has 1 unspecified atom stereocenters. The first-order valence-corrected chi connectivity index (χ1v) is 6.57. The molecule has 4 nitrogen and oxygen atoms in total. The smallest absolute Gasteiger partial charge is 0.168 e. The van der Waals surface area contributed by atoms with Gasteiger partial charge < -0.3 is 10.1 Å². The minimum Gasteiger partial charge on any atom is -0.494 e. The highest BCUT2D eigenvalue weighted by molar-refractivity contribution is 5.32. The Bertz CT molecular complexity index is 548. The van der Waals surface area contributed by atoms with Gasteiger partial charge in [-0.05, 0) is 24.6 Å². The molecular formula is C15H18FN3O. The van der Waals surface area contributed by atoms with Crippen LogP contribution in [0.4, 0.5) is 4.39 Å². The van der Waals surface area contributed by atoms with Gasteiger partial charge >= 0.3 is 0 Å². The molecule has 0 bridgehead atoms. The van der Waals surface area contributed by atoms with Gasteiger partial charge in [-0.3, -0.25) is 9.97 Å². The van der Waals surface area contributed by atoms with Crippen molar-refractivity contribution in [2.45, 2.75) is 19.4 Å². The maximum atomic E-state index is 14.2. The van der Waals surface area contributed by atoms with E-state index in [0.29, 0.717) is 12.0 Å². The number of hydrogen-bond acceptors (Lipinski definition) is 4. The molecule has 0 aliphatic carbocycles. The summed E-state index contributed by atoms with van der Waals surface area (Å²) < 4.78 is 19.2. The van der Waals surface area contributed by atoms with Crippen molar-refractivity contribution in [3.8, 4) is 5.75 Å². The quantitative estimate of drug-likeness (QED) is 0.880. The number of hydrogen-bond donors (Lipinski definition) is 1. The van der Waals surface area contributed by atoms with Crippen molar-refractivity contribution in [3.05, 3.63) is 53.9 Å². The lowest BCUT2D eigenvalue weighted by Crippen LogP contribution is -2.24. The van der Waals surface area contributed by atoms with E-state index in [9.17, 15) is 4.39 Å². The zero-order chi connectivity index (χ0) is 14.4. The van der Waals surface area contributed by atoms with Gasteiger partial charge in [0.05, 0.1) is 18.8 Å². The average molecular weight is 275 g/mol. The average Bonchev–Trinajstić information content (AvgIpc) is 2.49. The van der Waals surface area contributed by atoms with E-state index < -0.39 is 0 Å². The maximum absolute atomic E-state index is 14.2. The van der Waals surface area contributed by atoms with Crippen LogP contribution in [0.2, 0.25) is 0 Å². The molecule has 20 heavy (non-hydrogen) atoms. The molecule has 0 saturated carbocycles. The third-order valence-electron chi connectivity index (χ3n) is 3.08. The molecule has 2 rings (SSSR count). The molecule has 1 heterocycles. The van der Waals surface area contributed by atoms with Gasteiger partial charge in [0.2, 0.25) is 0 Å². The van der Waals surface area contributed by atoms with Crippen LogP contribution in [0.5, 0.6) is 5.75 Å². The second-order valence-electron chi connectivity index (χ2n) is 4.38. The number of methoxy groups -OCH3 is 1. The minimum atomic E-state index is -0.318. The summed E-state index contributed by atoms with van der Waals surface area (Å²) in [6.07, 6.45) is 5.46. The van der Waals surface area contributed by atoms with Crippen LogP contribution in [-0.4, -0.2) is 23.6 Å². The Balaban J connectivity index is 2.25. The molecule has 0 radical (unpaired) electrons. The third-order valence-corrected chi connectivity index (χ3v) is 3.08. The molecule has 2 aromatic rings. The molecule has 5 heteroatoms. The minimum absolute atomic E-state index is 0.0738. The summed E-state index contributed by atoms with van der Waals surface area (Å²) in [6, 6.07) is 5.09. The van der Waals surface area contributed by atoms with Crippen LogP contribution in [0.25, 0.3) is 0 Å². The molecule has 1 N–H and O–H groups in total. The summed E-state index contributed by atoms with van der Waals surface area (Å²) in [5.41, 5.74) is 1.40. The molecule has 106 valence electrons. The van der Waals surface area contributed by atoms with Crippen molar-refractivity contribution in [3.63, 3.8) is 0 Å². The maximum Gasteiger partial charge on any atom is 0.168 e. The van der Waals surface area contributed by atoms with Crippen LogP contribution in [0, 0.1) is 5.82 Å². The number of benzene rings is 1. The van der Waals surface area contributed by atoms with Gasteiger partial charge in [-0.2, -0.15) is 0 Å². The van der Waals surface area contributed by atoms with Gasteiger partial charge in [-0.15, -0.1) is 0 Å². The Labute approximate surface area is 118 Å². The Morgan fingerprint density at radius 1 is 1.35 bits per heavy atom. The van der Waals surface area contributed by atoms with E-state index in [1.165, 1.54) is 7.11 Å². The molecule has 0 amide bonds. The van der Waals surface area contributed by atoms with E-state index in [4.69, 9.17) is 4.74 Å². The number of rotatable bonds is 6. The topological polar surface area (TPSA) is 47.0 Å². The van der Waals surface area contributed by atoms with Crippen molar-refractivity contribution in [1.29, 1.82) is 0 Å². The molecular weight excluding hydrogens is 257 g/mol. The number of ether oxygens (including phenoxy) is 1. The van der Waals surface area contributed by atoms with Crippen LogP contribution in [-0.2, 0) is 6.42 Å². The fraction of sp³-hybridized carbons (Fsp3) is 0.333. The summed E-state index contributed by atoms with van der Waals surface area (Å²) in [4.78, 5) is 8.35. The second-order valence-corrected chi connectivity index (χ2v) is 4.38. The SMILES string of the molecule is CCNC(Cc1cccc(OC)c1F)c1cnccn1. The highest BCUT2D eigenvalue weighted by atomic mass is 19.1. The monoisotopic (exact) mass is 275 g/mol. The molecule has 1 atom stereocenters. The van der Waals surface area contributed by atoms with Gasteiger partial charge in [0.15, 0.2) is 11.6 Å². The largest absolute Gasteiger partial charge is 0.494 e. The number of likely N-dealkylation sites (N-methyl/N-ethyl adjacent to an activating group) is 1. The van der Waals surface area contributed by atoms with Crippen molar-refractivity contribution in [2.24, 2.45) is 0 Å². The van der Waals surface area contributed by atoms with Crippen LogP contribution < -0.4 is 10.1 Å². The molecule has 0 saturated heterocycles. The van der Waals surface area contributed by atoms with Gasteiger partial charge in [0.1, 0.15) is 0 Å². The Morgan fingerprint density at radius 2 is 2.20 bits per heavy atom. The lowest BCUT2D eigenvalue weighted by Gasteiger charge is -2.18. The second kappa shape index (κ2) is 6.96. The van der Waals surface area contributed by atoms with E-state index in [2.05, 4.69) is 15.3 Å². The molecule has 1 aromatic carbocycles. The standard InChI is InChI=1S/C15H18FN3O/c1-3-18-12(13-10-17-7-8-19-13)9-11-5-4-6-14(20-2)15(11)16/h4-8,10,12,18H,3,9H2,1-2H3. The van der Waals surface area contributed by atoms with Gasteiger partial charge in [-0.1, -0.05) is 19.1 Å². The number of nitrogens with zero attached hydrogens (tertiary/aromatic N) is 2. The van der Waals surface area contributed by atoms with Crippen LogP contribution in [0.3, 0.4) is 0 Å². The Kier molecular flexibility index (Phi) is 5.01. The van der Waals surface area contributed by atoms with Crippen LogP contribution >= 0.6 is 0 Å². The number of nitrogens with one attached hydrogen (secondary N) is 1. The first kappa shape index (κ1) is 14.4. The van der Waals surface area contributed by atoms with Crippen LogP contribution in [0.15, 0.2) is 36.8 Å². The van der Waals surface area contributed by atoms with Crippen molar-refractivity contribution < 1.29 is 9.13 Å². The highest BCUT2D eigenvalue weighted by Crippen LogP contribution is 2.24. The lowest BCUT2D eigenvalue weighted by molar-refractivity contribution is 0.382. The summed E-state index contributed by atoms with van der Waals surface area (Å²) in [5, 5.41) is 3.30.